The van der Waals surface area contributed by atoms with Crippen molar-refractivity contribution >= 4 is 0 Å². The van der Waals surface area contributed by atoms with Crippen molar-refractivity contribution in [1.82, 2.24) is 5.06 Å². The maximum atomic E-state index is 10.4. The van der Waals surface area contributed by atoms with Gasteiger partial charge in [-0.1, -0.05) is 6.08 Å². The summed E-state index contributed by atoms with van der Waals surface area (Å²) in [6.45, 7) is 3.14. The van der Waals surface area contributed by atoms with Crippen LogP contribution in [-0.2, 0) is 0 Å². The van der Waals surface area contributed by atoms with Gasteiger partial charge in [-0.2, -0.15) is 0 Å². The van der Waals surface area contributed by atoms with Gasteiger partial charge in [-0.3, -0.25) is 0 Å². The number of rotatable bonds is 4. The SMILES string of the molecule is C=CCN([O-])CC(O)O. The van der Waals surface area contributed by atoms with E-state index in [9.17, 15) is 5.21 Å². The van der Waals surface area contributed by atoms with Gasteiger partial charge in [-0.25, -0.2) is 0 Å². The van der Waals surface area contributed by atoms with Crippen molar-refractivity contribution in [2.24, 2.45) is 0 Å². The minimum atomic E-state index is -1.55. The molecule has 4 heteroatoms. The zero-order valence-electron chi connectivity index (χ0n) is 5.03. The van der Waals surface area contributed by atoms with Crippen molar-refractivity contribution in [3.8, 4) is 0 Å². The molecule has 0 aliphatic carbocycles. The zero-order valence-corrected chi connectivity index (χ0v) is 5.03. The maximum absolute atomic E-state index is 10.4. The number of nitrogens with zero attached hydrogens (tertiary/aromatic N) is 1. The quantitative estimate of drug-likeness (QED) is 0.301. The van der Waals surface area contributed by atoms with Gasteiger partial charge >= 0.3 is 0 Å². The Morgan fingerprint density at radius 3 is 2.56 bits per heavy atom. The van der Waals surface area contributed by atoms with E-state index in [0.29, 0.717) is 5.06 Å². The predicted octanol–water partition coefficient (Wildman–Crippen LogP) is -0.717. The van der Waals surface area contributed by atoms with E-state index in [1.54, 1.807) is 0 Å². The van der Waals surface area contributed by atoms with Crippen molar-refractivity contribution in [1.29, 1.82) is 0 Å². The second kappa shape index (κ2) is 4.46. The topological polar surface area (TPSA) is 66.8 Å². The van der Waals surface area contributed by atoms with E-state index in [1.807, 2.05) is 0 Å². The third-order valence-corrected chi connectivity index (χ3v) is 0.700. The molecule has 0 spiro atoms. The lowest BCUT2D eigenvalue weighted by Crippen LogP contribution is -2.27. The van der Waals surface area contributed by atoms with Gasteiger partial charge in [0.1, 0.15) is 0 Å². The van der Waals surface area contributed by atoms with Gasteiger partial charge in [0.05, 0.1) is 0 Å². The van der Waals surface area contributed by atoms with E-state index >= 15 is 0 Å². The second-order valence-electron chi connectivity index (χ2n) is 1.62. The van der Waals surface area contributed by atoms with Crippen molar-refractivity contribution in [3.05, 3.63) is 17.9 Å². The van der Waals surface area contributed by atoms with Crippen LogP contribution in [0.15, 0.2) is 12.7 Å². The highest BCUT2D eigenvalue weighted by Gasteiger charge is 1.95. The van der Waals surface area contributed by atoms with Gasteiger partial charge in [0.2, 0.25) is 0 Å². The Bertz CT molecular complexity index is 84.3. The van der Waals surface area contributed by atoms with Crippen LogP contribution in [0.5, 0.6) is 0 Å². The lowest BCUT2D eigenvalue weighted by Gasteiger charge is -2.26. The summed E-state index contributed by atoms with van der Waals surface area (Å²) in [5, 5.41) is 27.3. The summed E-state index contributed by atoms with van der Waals surface area (Å²) in [5.41, 5.74) is 0. The first-order valence-corrected chi connectivity index (χ1v) is 2.56. The largest absolute Gasteiger partial charge is 0.785 e. The summed E-state index contributed by atoms with van der Waals surface area (Å²) >= 11 is 0. The van der Waals surface area contributed by atoms with E-state index in [0.717, 1.165) is 0 Å². The Kier molecular flexibility index (Phi) is 4.25. The van der Waals surface area contributed by atoms with Gasteiger partial charge < -0.3 is 20.5 Å². The molecule has 54 valence electrons. The first-order chi connectivity index (χ1) is 4.16. The third kappa shape index (κ3) is 5.45. The molecule has 0 aromatic heterocycles. The molecule has 0 amide bonds. The minimum absolute atomic E-state index is 0.123. The summed E-state index contributed by atoms with van der Waals surface area (Å²) in [5.74, 6) is 0. The summed E-state index contributed by atoms with van der Waals surface area (Å²) in [4.78, 5) is 0. The molecule has 4 nitrogen and oxygen atoms in total. The molecule has 0 bridgehead atoms. The Morgan fingerprint density at radius 1 is 1.67 bits per heavy atom. The van der Waals surface area contributed by atoms with Crippen LogP contribution >= 0.6 is 0 Å². The molecule has 0 radical (unpaired) electrons. The Hall–Kier alpha value is -0.420. The van der Waals surface area contributed by atoms with Crippen LogP contribution in [0.25, 0.3) is 0 Å². The monoisotopic (exact) mass is 132 g/mol. The van der Waals surface area contributed by atoms with Crippen molar-refractivity contribution in [3.63, 3.8) is 0 Å². The van der Waals surface area contributed by atoms with Gasteiger partial charge in [0.15, 0.2) is 6.29 Å². The third-order valence-electron chi connectivity index (χ3n) is 0.700. The molecular weight excluding hydrogens is 122 g/mol. The van der Waals surface area contributed by atoms with E-state index in [4.69, 9.17) is 10.2 Å². The van der Waals surface area contributed by atoms with E-state index in [-0.39, 0.29) is 13.1 Å². The highest BCUT2D eigenvalue weighted by atomic mass is 16.5. The number of aliphatic hydroxyl groups excluding tert-OH is 1. The molecule has 0 unspecified atom stereocenters. The van der Waals surface area contributed by atoms with Crippen molar-refractivity contribution in [2.75, 3.05) is 13.1 Å². The molecule has 0 atom stereocenters. The van der Waals surface area contributed by atoms with Gasteiger partial charge in [0.25, 0.3) is 0 Å². The van der Waals surface area contributed by atoms with Crippen LogP contribution in [-0.4, -0.2) is 34.7 Å². The minimum Gasteiger partial charge on any atom is -0.785 e. The Morgan fingerprint density at radius 2 is 2.22 bits per heavy atom. The van der Waals surface area contributed by atoms with E-state index < -0.39 is 6.29 Å². The van der Waals surface area contributed by atoms with Crippen LogP contribution in [0.3, 0.4) is 0 Å². The number of hydroxylamine groups is 2. The second-order valence-corrected chi connectivity index (χ2v) is 1.62. The van der Waals surface area contributed by atoms with Crippen LogP contribution in [0.2, 0.25) is 0 Å². The number of aliphatic hydroxyl groups is 2. The van der Waals surface area contributed by atoms with Crippen molar-refractivity contribution in [2.45, 2.75) is 6.29 Å². The van der Waals surface area contributed by atoms with Crippen LogP contribution in [0.1, 0.15) is 0 Å². The van der Waals surface area contributed by atoms with E-state index in [2.05, 4.69) is 6.58 Å². The normalized spacial score (nSPS) is 10.8. The fraction of sp³-hybridized carbons (Fsp3) is 0.600. The molecule has 9 heavy (non-hydrogen) atoms. The highest BCUT2D eigenvalue weighted by Crippen LogP contribution is 1.85. The Balaban J connectivity index is 3.25. The van der Waals surface area contributed by atoms with Gasteiger partial charge in [-0.15, -0.1) is 6.58 Å². The highest BCUT2D eigenvalue weighted by molar-refractivity contribution is 4.73. The summed E-state index contributed by atoms with van der Waals surface area (Å²) in [6.07, 6.45) is -0.155. The standard InChI is InChI=1S/C5H10NO3/c1-2-3-6(9)4-5(7)8/h2,5,7-8H,1,3-4H2/q-1. The average Bonchev–Trinajstić information content (AvgIpc) is 1.63. The smallest absolute Gasteiger partial charge is 0.163 e. The molecule has 2 N–H and O–H groups in total. The maximum Gasteiger partial charge on any atom is 0.163 e. The van der Waals surface area contributed by atoms with Crippen LogP contribution in [0.4, 0.5) is 0 Å². The molecule has 0 aromatic rings. The van der Waals surface area contributed by atoms with Crippen LogP contribution < -0.4 is 0 Å². The summed E-state index contributed by atoms with van der Waals surface area (Å²) < 4.78 is 0. The lowest BCUT2D eigenvalue weighted by molar-refractivity contribution is -0.0527. The molecule has 0 rings (SSSR count). The fourth-order valence-electron chi connectivity index (χ4n) is 0.401. The molecule has 0 aromatic carbocycles. The Labute approximate surface area is 53.6 Å². The van der Waals surface area contributed by atoms with Gasteiger partial charge in [-0.05, 0) is 0 Å². The van der Waals surface area contributed by atoms with Crippen LogP contribution in [0, 0.1) is 5.21 Å². The first kappa shape index (κ1) is 8.58. The summed E-state index contributed by atoms with van der Waals surface area (Å²) in [7, 11) is 0. The molecule has 0 fully saturated rings. The molecular formula is C5H10NO3-. The summed E-state index contributed by atoms with van der Waals surface area (Å²) in [6, 6.07) is 0. The first-order valence-electron chi connectivity index (χ1n) is 2.56. The zero-order chi connectivity index (χ0) is 7.28. The molecule has 0 aliphatic heterocycles. The van der Waals surface area contributed by atoms with Crippen molar-refractivity contribution < 1.29 is 10.2 Å². The fourth-order valence-corrected chi connectivity index (χ4v) is 0.401. The molecule has 0 saturated carbocycles. The number of hydrogen-bond donors (Lipinski definition) is 2. The molecule has 0 saturated heterocycles. The lowest BCUT2D eigenvalue weighted by atomic mass is 10.5. The predicted molar refractivity (Wildman–Crippen MR) is 33.4 cm³/mol. The molecule has 0 aliphatic rings. The van der Waals surface area contributed by atoms with Gasteiger partial charge in [0, 0.05) is 13.1 Å². The van der Waals surface area contributed by atoms with E-state index in [1.165, 1.54) is 6.08 Å². The molecule has 0 heterocycles. The number of hydrogen-bond acceptors (Lipinski definition) is 4. The average molecular weight is 132 g/mol.